The zero-order valence-corrected chi connectivity index (χ0v) is 9.58. The van der Waals surface area contributed by atoms with Crippen LogP contribution in [-0.4, -0.2) is 23.7 Å². The van der Waals surface area contributed by atoms with Crippen molar-refractivity contribution in [1.82, 2.24) is 5.32 Å². The van der Waals surface area contributed by atoms with Crippen molar-refractivity contribution in [3.63, 3.8) is 0 Å². The topological polar surface area (TPSA) is 49.3 Å². The minimum Gasteiger partial charge on any atom is -0.394 e. The highest BCUT2D eigenvalue weighted by molar-refractivity contribution is 5.94. The second-order valence-electron chi connectivity index (χ2n) is 4.90. The number of amides is 1. The first kappa shape index (κ1) is 12.0. The Hall–Kier alpha value is -1.09. The summed E-state index contributed by atoms with van der Waals surface area (Å²) < 4.78 is 0. The van der Waals surface area contributed by atoms with Crippen LogP contribution in [0.25, 0.3) is 0 Å². The van der Waals surface area contributed by atoms with Crippen molar-refractivity contribution in [2.24, 2.45) is 5.41 Å². The molecule has 0 spiro atoms. The third-order valence-corrected chi connectivity index (χ3v) is 2.60. The molecule has 0 aromatic rings. The molecular weight excluding hydrogens is 190 g/mol. The van der Waals surface area contributed by atoms with Gasteiger partial charge in [-0.1, -0.05) is 39.0 Å². The molecule has 1 rings (SSSR count). The van der Waals surface area contributed by atoms with Gasteiger partial charge in [0.15, 0.2) is 0 Å². The number of nitrogens with one attached hydrogen (secondary N) is 1. The second kappa shape index (κ2) is 4.62. The fraction of sp³-hybridized carbons (Fsp3) is 0.583. The highest BCUT2D eigenvalue weighted by atomic mass is 16.3. The monoisotopic (exact) mass is 209 g/mol. The molecule has 0 heterocycles. The maximum atomic E-state index is 11.7. The molecule has 1 aliphatic rings. The quantitative estimate of drug-likeness (QED) is 0.738. The van der Waals surface area contributed by atoms with E-state index in [0.717, 1.165) is 5.57 Å². The van der Waals surface area contributed by atoms with E-state index in [4.69, 9.17) is 0 Å². The van der Waals surface area contributed by atoms with Gasteiger partial charge in [-0.15, -0.1) is 0 Å². The van der Waals surface area contributed by atoms with Crippen molar-refractivity contribution in [3.8, 4) is 0 Å². The van der Waals surface area contributed by atoms with E-state index < -0.39 is 0 Å². The number of rotatable bonds is 3. The number of allylic oxidation sites excluding steroid dienone is 3. The van der Waals surface area contributed by atoms with Crippen LogP contribution in [0.1, 0.15) is 27.2 Å². The van der Waals surface area contributed by atoms with E-state index in [1.807, 2.05) is 39.0 Å². The van der Waals surface area contributed by atoms with Crippen molar-refractivity contribution < 1.29 is 9.90 Å². The molecule has 0 saturated carbocycles. The van der Waals surface area contributed by atoms with Gasteiger partial charge in [0.05, 0.1) is 12.6 Å². The van der Waals surface area contributed by atoms with Gasteiger partial charge in [-0.25, -0.2) is 0 Å². The number of hydrogen-bond acceptors (Lipinski definition) is 2. The largest absolute Gasteiger partial charge is 0.394 e. The lowest BCUT2D eigenvalue weighted by atomic mass is 9.87. The maximum Gasteiger partial charge on any atom is 0.247 e. The van der Waals surface area contributed by atoms with Gasteiger partial charge in [0.2, 0.25) is 5.91 Å². The average molecular weight is 209 g/mol. The molecule has 15 heavy (non-hydrogen) atoms. The van der Waals surface area contributed by atoms with Gasteiger partial charge in [0.1, 0.15) is 0 Å². The smallest absolute Gasteiger partial charge is 0.247 e. The van der Waals surface area contributed by atoms with Crippen molar-refractivity contribution in [2.75, 3.05) is 6.61 Å². The highest BCUT2D eigenvalue weighted by Gasteiger charge is 2.26. The Morgan fingerprint density at radius 3 is 2.67 bits per heavy atom. The summed E-state index contributed by atoms with van der Waals surface area (Å²) in [7, 11) is 0. The minimum absolute atomic E-state index is 0.0318. The van der Waals surface area contributed by atoms with Gasteiger partial charge in [-0.05, 0) is 11.8 Å². The lowest BCUT2D eigenvalue weighted by molar-refractivity contribution is -0.119. The molecule has 0 aromatic heterocycles. The molecule has 1 atom stereocenters. The van der Waals surface area contributed by atoms with E-state index in [-0.39, 0.29) is 24.0 Å². The summed E-state index contributed by atoms with van der Waals surface area (Å²) in [5.74, 6) is -0.0750. The molecule has 0 radical (unpaired) electrons. The summed E-state index contributed by atoms with van der Waals surface area (Å²) in [6.07, 6.45) is 6.32. The molecule has 3 heteroatoms. The second-order valence-corrected chi connectivity index (χ2v) is 4.90. The summed E-state index contributed by atoms with van der Waals surface area (Å²) in [6.45, 7) is 5.95. The van der Waals surface area contributed by atoms with Crippen molar-refractivity contribution in [1.29, 1.82) is 0 Å². The van der Waals surface area contributed by atoms with Crippen molar-refractivity contribution >= 4 is 5.91 Å². The zero-order chi connectivity index (χ0) is 11.5. The minimum atomic E-state index is -0.202. The number of aliphatic hydroxyl groups excluding tert-OH is 1. The summed E-state index contributed by atoms with van der Waals surface area (Å²) in [5.41, 5.74) is 0.634. The first-order valence-corrected chi connectivity index (χ1v) is 5.22. The average Bonchev–Trinajstić information content (AvgIpc) is 2.64. The Morgan fingerprint density at radius 1 is 1.60 bits per heavy atom. The van der Waals surface area contributed by atoms with Crippen LogP contribution < -0.4 is 5.32 Å². The van der Waals surface area contributed by atoms with Crippen LogP contribution in [0.15, 0.2) is 23.8 Å². The van der Waals surface area contributed by atoms with Gasteiger partial charge >= 0.3 is 0 Å². The first-order valence-electron chi connectivity index (χ1n) is 5.22. The molecule has 2 N–H and O–H groups in total. The fourth-order valence-electron chi connectivity index (χ4n) is 1.40. The molecule has 1 amide bonds. The van der Waals surface area contributed by atoms with Crippen LogP contribution in [0.4, 0.5) is 0 Å². The Kier molecular flexibility index (Phi) is 3.69. The maximum absolute atomic E-state index is 11.7. The predicted molar refractivity (Wildman–Crippen MR) is 60.3 cm³/mol. The summed E-state index contributed by atoms with van der Waals surface area (Å²) in [6, 6.07) is -0.202. The molecule has 0 unspecified atom stereocenters. The van der Waals surface area contributed by atoms with Gasteiger partial charge in [0.25, 0.3) is 0 Å². The molecule has 0 saturated heterocycles. The van der Waals surface area contributed by atoms with E-state index in [0.29, 0.717) is 6.42 Å². The lowest BCUT2D eigenvalue weighted by Crippen LogP contribution is -2.46. The first-order chi connectivity index (χ1) is 6.95. The van der Waals surface area contributed by atoms with E-state index in [2.05, 4.69) is 5.32 Å². The Morgan fingerprint density at radius 2 is 2.27 bits per heavy atom. The van der Waals surface area contributed by atoms with Crippen LogP contribution >= 0.6 is 0 Å². The van der Waals surface area contributed by atoms with E-state index in [9.17, 15) is 9.90 Å². The van der Waals surface area contributed by atoms with Gasteiger partial charge in [0, 0.05) is 5.57 Å². The molecule has 0 aliphatic heterocycles. The Labute approximate surface area is 90.9 Å². The molecule has 1 aliphatic carbocycles. The summed E-state index contributed by atoms with van der Waals surface area (Å²) >= 11 is 0. The van der Waals surface area contributed by atoms with Crippen LogP contribution in [0.2, 0.25) is 0 Å². The van der Waals surface area contributed by atoms with Gasteiger partial charge in [-0.2, -0.15) is 0 Å². The Balaban J connectivity index is 2.56. The highest BCUT2D eigenvalue weighted by Crippen LogP contribution is 2.20. The molecule has 0 aromatic carbocycles. The van der Waals surface area contributed by atoms with E-state index >= 15 is 0 Å². The number of hydrogen-bond donors (Lipinski definition) is 2. The van der Waals surface area contributed by atoms with E-state index in [1.54, 1.807) is 0 Å². The number of carbonyl (C=O) groups is 1. The van der Waals surface area contributed by atoms with Crippen LogP contribution in [0, 0.1) is 5.41 Å². The van der Waals surface area contributed by atoms with Crippen LogP contribution in [-0.2, 0) is 4.79 Å². The standard InChI is InChI=1S/C12H19NO2/c1-12(2,3)10(8-14)13-11(15)9-6-4-5-7-9/h4-6,10,14H,7-8H2,1-3H3,(H,13,15)/t10-/m1/s1. The number of carbonyl (C=O) groups excluding carboxylic acids is 1. The molecule has 3 nitrogen and oxygen atoms in total. The SMILES string of the molecule is CC(C)(C)[C@@H](CO)NC(=O)C1=CC=CC1. The zero-order valence-electron chi connectivity index (χ0n) is 9.58. The van der Waals surface area contributed by atoms with Crippen molar-refractivity contribution in [3.05, 3.63) is 23.8 Å². The molecule has 0 bridgehead atoms. The summed E-state index contributed by atoms with van der Waals surface area (Å²) in [5, 5.41) is 12.1. The van der Waals surface area contributed by atoms with Crippen LogP contribution in [0.3, 0.4) is 0 Å². The van der Waals surface area contributed by atoms with Gasteiger partial charge < -0.3 is 10.4 Å². The fourth-order valence-corrected chi connectivity index (χ4v) is 1.40. The third kappa shape index (κ3) is 3.20. The predicted octanol–water partition coefficient (Wildman–Crippen LogP) is 1.40. The Bertz CT molecular complexity index is 297. The molecular formula is C12H19NO2. The molecule has 84 valence electrons. The lowest BCUT2D eigenvalue weighted by Gasteiger charge is -2.30. The van der Waals surface area contributed by atoms with E-state index in [1.165, 1.54) is 0 Å². The third-order valence-electron chi connectivity index (χ3n) is 2.60. The van der Waals surface area contributed by atoms with Crippen LogP contribution in [0.5, 0.6) is 0 Å². The molecule has 0 fully saturated rings. The van der Waals surface area contributed by atoms with Gasteiger partial charge in [-0.3, -0.25) is 4.79 Å². The van der Waals surface area contributed by atoms with Crippen molar-refractivity contribution in [2.45, 2.75) is 33.2 Å². The normalized spacial score (nSPS) is 17.5. The number of aliphatic hydroxyl groups is 1. The summed E-state index contributed by atoms with van der Waals surface area (Å²) in [4.78, 5) is 11.7.